The van der Waals surface area contributed by atoms with Crippen LogP contribution in [0.15, 0.2) is 60.7 Å². The molecule has 8 bridgehead atoms. The Morgan fingerprint density at radius 1 is 0.565 bits per heavy atom. The van der Waals surface area contributed by atoms with Crippen molar-refractivity contribution in [2.45, 2.75) is 93.4 Å². The maximum Gasteiger partial charge on any atom is 0.471 e. The highest BCUT2D eigenvalue weighted by molar-refractivity contribution is 6.08. The van der Waals surface area contributed by atoms with E-state index in [1.54, 1.807) is 36.4 Å². The van der Waals surface area contributed by atoms with E-state index >= 15 is 0 Å². The SMILES string of the molecule is CCC1=C(C)c2nc1cc1[nH]c(c(C)c1CC)c(-c1ccccc1NC(=O)C(F)(F)F)c1nc(cc3[nH]c(c(C)c3CC)c2-c2ccccc2NC(=O)C(F)(F)F)C(CC)=C1C. The summed E-state index contributed by atoms with van der Waals surface area (Å²) in [5.74, 6) is -4.21. The lowest BCUT2D eigenvalue weighted by Crippen LogP contribution is -2.30. The van der Waals surface area contributed by atoms with Crippen molar-refractivity contribution in [3.63, 3.8) is 0 Å². The van der Waals surface area contributed by atoms with E-state index in [1.807, 2.05) is 67.5 Å². The Balaban J connectivity index is 1.72. The first kappa shape index (κ1) is 43.6. The second kappa shape index (κ2) is 16.4. The van der Waals surface area contributed by atoms with Crippen molar-refractivity contribution in [1.29, 1.82) is 0 Å². The van der Waals surface area contributed by atoms with Crippen LogP contribution in [0.2, 0.25) is 0 Å². The molecule has 8 nitrogen and oxygen atoms in total. The second-order valence-electron chi connectivity index (χ2n) is 15.4. The average Bonchev–Trinajstić information content (AvgIpc) is 3.91. The summed E-state index contributed by atoms with van der Waals surface area (Å²) < 4.78 is 82.4. The number of para-hydroxylation sites is 2. The lowest BCUT2D eigenvalue weighted by molar-refractivity contribution is -0.167. The number of benzene rings is 2. The average molecular weight is 853 g/mol. The van der Waals surface area contributed by atoms with E-state index in [2.05, 4.69) is 20.6 Å². The van der Waals surface area contributed by atoms with Crippen LogP contribution in [0.3, 0.4) is 0 Å². The summed E-state index contributed by atoms with van der Waals surface area (Å²) in [4.78, 5) is 42.6. The van der Waals surface area contributed by atoms with Gasteiger partial charge in [-0.15, -0.1) is 0 Å². The highest BCUT2D eigenvalue weighted by Crippen LogP contribution is 2.46. The van der Waals surface area contributed by atoms with Crippen molar-refractivity contribution >= 4 is 67.5 Å². The molecule has 0 saturated heterocycles. The molecule has 0 radical (unpaired) electrons. The Labute approximate surface area is 354 Å². The van der Waals surface area contributed by atoms with Crippen LogP contribution in [0.25, 0.3) is 66.6 Å². The maximum absolute atomic E-state index is 13.7. The fourth-order valence-electron chi connectivity index (χ4n) is 8.84. The third-order valence-electron chi connectivity index (χ3n) is 11.9. The number of aromatic nitrogens is 4. The first-order valence-corrected chi connectivity index (χ1v) is 20.5. The van der Waals surface area contributed by atoms with Crippen LogP contribution in [0.4, 0.5) is 37.7 Å². The molecule has 5 heterocycles. The number of aryl methyl sites for hydroxylation is 4. The number of hydrogen-bond donors (Lipinski definition) is 4. The number of halogens is 6. The van der Waals surface area contributed by atoms with Crippen molar-refractivity contribution in [3.8, 4) is 22.3 Å². The van der Waals surface area contributed by atoms with E-state index < -0.39 is 24.2 Å². The number of carbonyl (C=O) groups is 2. The summed E-state index contributed by atoms with van der Waals surface area (Å²) in [5, 5.41) is 4.22. The molecule has 62 heavy (non-hydrogen) atoms. The predicted molar refractivity (Wildman–Crippen MR) is 235 cm³/mol. The predicted octanol–water partition coefficient (Wildman–Crippen LogP) is 13.1. The van der Waals surface area contributed by atoms with E-state index in [1.165, 1.54) is 12.1 Å². The number of nitrogens with one attached hydrogen (secondary N) is 4. The summed E-state index contributed by atoms with van der Waals surface area (Å²) in [6.45, 7) is 15.7. The second-order valence-corrected chi connectivity index (χ2v) is 15.4. The summed E-state index contributed by atoms with van der Waals surface area (Å²) in [6, 6.07) is 16.6. The number of alkyl halides is 6. The Morgan fingerprint density at radius 3 is 1.24 bits per heavy atom. The molecule has 0 spiro atoms. The van der Waals surface area contributed by atoms with Crippen LogP contribution in [0, 0.1) is 13.8 Å². The van der Waals surface area contributed by atoms with Gasteiger partial charge in [0.1, 0.15) is 0 Å². The molecule has 322 valence electrons. The number of nitrogens with zero attached hydrogens (tertiary/aromatic N) is 2. The normalized spacial score (nSPS) is 13.3. The Kier molecular flexibility index (Phi) is 11.6. The van der Waals surface area contributed by atoms with Crippen LogP contribution >= 0.6 is 0 Å². The molecule has 2 aliphatic heterocycles. The molecule has 14 heteroatoms. The fourth-order valence-corrected chi connectivity index (χ4v) is 8.84. The van der Waals surface area contributed by atoms with E-state index in [0.29, 0.717) is 92.8 Å². The quantitative estimate of drug-likeness (QED) is 0.116. The van der Waals surface area contributed by atoms with Gasteiger partial charge in [0.05, 0.1) is 33.8 Å². The van der Waals surface area contributed by atoms with Crippen molar-refractivity contribution in [3.05, 3.63) is 106 Å². The van der Waals surface area contributed by atoms with Gasteiger partial charge in [-0.3, -0.25) is 9.59 Å². The van der Waals surface area contributed by atoms with Crippen molar-refractivity contribution in [1.82, 2.24) is 19.9 Å². The van der Waals surface area contributed by atoms with Crippen LogP contribution < -0.4 is 10.6 Å². The number of aromatic amines is 2. The zero-order chi connectivity index (χ0) is 45.0. The van der Waals surface area contributed by atoms with E-state index in [9.17, 15) is 35.9 Å². The largest absolute Gasteiger partial charge is 0.471 e. The zero-order valence-electron chi connectivity index (χ0n) is 35.6. The number of H-pyrrole nitrogens is 2. The van der Waals surface area contributed by atoms with Crippen molar-refractivity contribution in [2.24, 2.45) is 0 Å². The smallest absolute Gasteiger partial charge is 0.354 e. The van der Waals surface area contributed by atoms with Gasteiger partial charge in [-0.2, -0.15) is 26.3 Å². The van der Waals surface area contributed by atoms with E-state index in [0.717, 1.165) is 44.5 Å². The molecule has 4 N–H and O–H groups in total. The minimum atomic E-state index is -5.13. The van der Waals surface area contributed by atoms with Gasteiger partial charge in [0, 0.05) is 44.7 Å². The van der Waals surface area contributed by atoms with Crippen LogP contribution in [-0.4, -0.2) is 44.1 Å². The number of hydrogen-bond acceptors (Lipinski definition) is 4. The number of allylic oxidation sites excluding steroid dienone is 4. The minimum absolute atomic E-state index is 0.0401. The van der Waals surface area contributed by atoms with Crippen LogP contribution in [-0.2, 0) is 22.4 Å². The molecule has 7 rings (SSSR count). The van der Waals surface area contributed by atoms with Gasteiger partial charge >= 0.3 is 24.2 Å². The highest BCUT2D eigenvalue weighted by Gasteiger charge is 2.40. The minimum Gasteiger partial charge on any atom is -0.354 e. The van der Waals surface area contributed by atoms with Crippen LogP contribution in [0.1, 0.15) is 99.4 Å². The van der Waals surface area contributed by atoms with Gasteiger partial charge in [0.2, 0.25) is 0 Å². The molecule has 2 aliphatic rings. The van der Waals surface area contributed by atoms with E-state index in [-0.39, 0.29) is 11.4 Å². The maximum atomic E-state index is 13.7. The molecule has 3 aromatic heterocycles. The summed E-state index contributed by atoms with van der Waals surface area (Å²) in [6.07, 6.45) is -8.06. The molecule has 2 aromatic carbocycles. The Bertz CT molecular complexity index is 2720. The highest BCUT2D eigenvalue weighted by atomic mass is 19.4. The molecule has 0 atom stereocenters. The zero-order valence-corrected chi connectivity index (χ0v) is 35.6. The van der Waals surface area contributed by atoms with Gasteiger partial charge in [0.15, 0.2) is 0 Å². The lowest BCUT2D eigenvalue weighted by atomic mass is 9.94. The monoisotopic (exact) mass is 852 g/mol. The van der Waals surface area contributed by atoms with Crippen molar-refractivity contribution in [2.75, 3.05) is 10.6 Å². The molecule has 0 unspecified atom stereocenters. The molecule has 2 amide bonds. The third kappa shape index (κ3) is 7.60. The summed E-state index contributed by atoms with van der Waals surface area (Å²) >= 11 is 0. The molecule has 0 aliphatic carbocycles. The molecule has 0 saturated carbocycles. The Morgan fingerprint density at radius 2 is 0.919 bits per heavy atom. The van der Waals surface area contributed by atoms with Crippen molar-refractivity contribution < 1.29 is 35.9 Å². The topological polar surface area (TPSA) is 116 Å². The molecule has 5 aromatic rings. The number of amides is 2. The number of fused-ring (bicyclic) bond motifs is 8. The number of rotatable bonds is 8. The third-order valence-corrected chi connectivity index (χ3v) is 11.9. The standard InChI is InChI=1S/C48H46F6N6O2/c1-9-27-23(5)41-39(31-17-13-15-19-33(31)59-45(61)47(49,50)51)42-25(7)29(11-3)37(57-42)22-38-30(12-4)26(8)44(58-38)40(32-18-14-16-20-34(32)60-46(62)48(52,53)54)43-24(6)28(10-2)36(56-43)21-35(27)55-41/h13-22,55,58H,9-12H2,1-8H3,(H,59,61)(H,60,62). The molecular formula is C48H46F6N6O2. The van der Waals surface area contributed by atoms with Gasteiger partial charge < -0.3 is 20.6 Å². The fraction of sp³-hybridized carbons (Fsp3) is 0.292. The van der Waals surface area contributed by atoms with Gasteiger partial charge in [-0.1, -0.05) is 64.1 Å². The number of carbonyl (C=O) groups excluding carboxylic acids is 2. The molecular weight excluding hydrogens is 807 g/mol. The number of anilines is 2. The van der Waals surface area contributed by atoms with E-state index in [4.69, 9.17) is 9.97 Å². The Hall–Kier alpha value is -6.44. The van der Waals surface area contributed by atoms with Gasteiger partial charge in [-0.05, 0) is 122 Å². The van der Waals surface area contributed by atoms with Gasteiger partial charge in [0.25, 0.3) is 0 Å². The lowest BCUT2D eigenvalue weighted by Gasteiger charge is -2.15. The first-order chi connectivity index (χ1) is 29.3. The van der Waals surface area contributed by atoms with Gasteiger partial charge in [-0.25, -0.2) is 9.97 Å². The summed E-state index contributed by atoms with van der Waals surface area (Å²) in [5.41, 5.74) is 13.2. The first-order valence-electron chi connectivity index (χ1n) is 20.5. The summed E-state index contributed by atoms with van der Waals surface area (Å²) in [7, 11) is 0. The van der Waals surface area contributed by atoms with Crippen LogP contribution in [0.5, 0.6) is 0 Å². The molecule has 0 fully saturated rings.